The molecule has 1 aliphatic heterocycles. The first kappa shape index (κ1) is 15.1. The predicted molar refractivity (Wildman–Crippen MR) is 100 cm³/mol. The van der Waals surface area contributed by atoms with E-state index < -0.39 is 0 Å². The van der Waals surface area contributed by atoms with Crippen LogP contribution in [0.15, 0.2) is 64.3 Å². The molecule has 0 radical (unpaired) electrons. The van der Waals surface area contributed by atoms with Gasteiger partial charge >= 0.3 is 0 Å². The summed E-state index contributed by atoms with van der Waals surface area (Å²) in [5.74, 6) is -0.118. The number of benzene rings is 2. The number of rotatable bonds is 2. The van der Waals surface area contributed by atoms with Crippen LogP contribution in [-0.4, -0.2) is 11.6 Å². The smallest absolute Gasteiger partial charge is 0.274 e. The van der Waals surface area contributed by atoms with Crippen molar-refractivity contribution in [2.75, 3.05) is 4.90 Å². The lowest BCUT2D eigenvalue weighted by molar-refractivity contribution is -0.111. The number of thiophene rings is 1. The van der Waals surface area contributed by atoms with Gasteiger partial charge in [-0.25, -0.2) is 4.99 Å². The van der Waals surface area contributed by atoms with Gasteiger partial charge in [0.15, 0.2) is 0 Å². The van der Waals surface area contributed by atoms with E-state index in [4.69, 9.17) is 11.6 Å². The van der Waals surface area contributed by atoms with Crippen molar-refractivity contribution in [1.82, 2.24) is 0 Å². The van der Waals surface area contributed by atoms with Crippen LogP contribution in [0.1, 0.15) is 11.1 Å². The van der Waals surface area contributed by atoms with Crippen molar-refractivity contribution in [3.8, 4) is 0 Å². The van der Waals surface area contributed by atoms with E-state index in [2.05, 4.69) is 4.99 Å². The largest absolute Gasteiger partial charge is 0.282 e. The van der Waals surface area contributed by atoms with Crippen LogP contribution in [0.5, 0.6) is 0 Å². The molecular weight excluding hydrogens is 340 g/mol. The summed E-state index contributed by atoms with van der Waals surface area (Å²) in [7, 11) is 0. The molecule has 0 bridgehead atoms. The molecule has 2 heterocycles. The number of aryl methyl sites for hydroxylation is 1. The first-order valence-corrected chi connectivity index (χ1v) is 8.77. The highest BCUT2D eigenvalue weighted by Gasteiger charge is 2.34. The number of hydrogen-bond donors (Lipinski definition) is 0. The number of aliphatic imine (C=N–C) groups is 1. The Morgan fingerprint density at radius 3 is 2.71 bits per heavy atom. The van der Waals surface area contributed by atoms with Gasteiger partial charge in [-0.1, -0.05) is 29.8 Å². The van der Waals surface area contributed by atoms with Crippen LogP contribution in [0.4, 0.5) is 17.1 Å². The highest BCUT2D eigenvalue weighted by molar-refractivity contribution is 7.08. The van der Waals surface area contributed by atoms with E-state index in [0.717, 1.165) is 22.5 Å². The number of fused-ring (bicyclic) bond motifs is 1. The summed E-state index contributed by atoms with van der Waals surface area (Å²) in [5, 5.41) is 4.53. The third-order valence-electron chi connectivity index (χ3n) is 3.84. The molecular formula is C19H13ClN2OS. The molecule has 0 saturated carbocycles. The molecule has 4 rings (SSSR count). The van der Waals surface area contributed by atoms with Crippen LogP contribution in [0, 0.1) is 6.92 Å². The van der Waals surface area contributed by atoms with E-state index in [0.29, 0.717) is 16.4 Å². The second-order valence-corrected chi connectivity index (χ2v) is 6.80. The van der Waals surface area contributed by atoms with Crippen molar-refractivity contribution in [1.29, 1.82) is 0 Å². The quantitative estimate of drug-likeness (QED) is 0.598. The van der Waals surface area contributed by atoms with E-state index in [9.17, 15) is 4.79 Å². The van der Waals surface area contributed by atoms with Crippen LogP contribution in [0.2, 0.25) is 5.02 Å². The maximum atomic E-state index is 13.0. The molecule has 1 amide bonds. The molecule has 118 valence electrons. The van der Waals surface area contributed by atoms with Gasteiger partial charge in [-0.3, -0.25) is 9.69 Å². The number of carbonyl (C=O) groups is 1. The first-order chi connectivity index (χ1) is 11.6. The van der Waals surface area contributed by atoms with Crippen molar-refractivity contribution in [3.63, 3.8) is 0 Å². The van der Waals surface area contributed by atoms with Crippen molar-refractivity contribution < 1.29 is 4.79 Å². The van der Waals surface area contributed by atoms with Crippen molar-refractivity contribution in [2.24, 2.45) is 4.99 Å². The molecule has 0 spiro atoms. The number of carbonyl (C=O) groups excluding carboxylic acids is 1. The summed E-state index contributed by atoms with van der Waals surface area (Å²) >= 11 is 7.68. The van der Waals surface area contributed by atoms with Gasteiger partial charge in [0.25, 0.3) is 5.91 Å². The Morgan fingerprint density at radius 1 is 1.12 bits per heavy atom. The minimum atomic E-state index is -0.118. The lowest BCUT2D eigenvalue weighted by Gasteiger charge is -2.14. The summed E-state index contributed by atoms with van der Waals surface area (Å²) in [6.07, 6.45) is 0. The zero-order chi connectivity index (χ0) is 16.7. The van der Waals surface area contributed by atoms with Crippen LogP contribution in [-0.2, 0) is 4.79 Å². The maximum absolute atomic E-state index is 13.0. The second-order valence-electron chi connectivity index (χ2n) is 5.59. The zero-order valence-corrected chi connectivity index (χ0v) is 14.4. The fourth-order valence-electron chi connectivity index (χ4n) is 2.86. The van der Waals surface area contributed by atoms with E-state index in [1.807, 2.05) is 60.1 Å². The van der Waals surface area contributed by atoms with Gasteiger partial charge in [0.2, 0.25) is 0 Å². The van der Waals surface area contributed by atoms with E-state index in [1.54, 1.807) is 22.3 Å². The summed E-state index contributed by atoms with van der Waals surface area (Å²) in [6, 6.07) is 15.2. The van der Waals surface area contributed by atoms with Crippen molar-refractivity contribution >= 4 is 51.6 Å². The summed E-state index contributed by atoms with van der Waals surface area (Å²) in [4.78, 5) is 19.3. The number of nitrogens with zero attached hydrogens (tertiary/aromatic N) is 2. The van der Waals surface area contributed by atoms with Gasteiger partial charge in [-0.2, -0.15) is 11.3 Å². The van der Waals surface area contributed by atoms with Gasteiger partial charge in [0.1, 0.15) is 5.71 Å². The maximum Gasteiger partial charge on any atom is 0.282 e. The standard InChI is InChI=1S/C19H13ClN2OS/c1-12-8-13(20)10-14(9-12)21-18-16-4-2-3-5-17(16)22(19(18)23)15-6-7-24-11-15/h2-11H,1H3/b21-18-. The molecule has 1 aromatic heterocycles. The van der Waals surface area contributed by atoms with Gasteiger partial charge in [-0.15, -0.1) is 0 Å². The fourth-order valence-corrected chi connectivity index (χ4v) is 3.76. The van der Waals surface area contributed by atoms with Crippen LogP contribution in [0.3, 0.4) is 0 Å². The van der Waals surface area contributed by atoms with Gasteiger partial charge < -0.3 is 0 Å². The van der Waals surface area contributed by atoms with Gasteiger partial charge in [0, 0.05) is 16.0 Å². The lowest BCUT2D eigenvalue weighted by Crippen LogP contribution is -2.24. The Labute approximate surface area is 148 Å². The highest BCUT2D eigenvalue weighted by Crippen LogP contribution is 2.37. The summed E-state index contributed by atoms with van der Waals surface area (Å²) < 4.78 is 0. The monoisotopic (exact) mass is 352 g/mol. The Morgan fingerprint density at radius 2 is 1.96 bits per heavy atom. The molecule has 0 saturated heterocycles. The molecule has 0 aliphatic carbocycles. The topological polar surface area (TPSA) is 32.7 Å². The van der Waals surface area contributed by atoms with Gasteiger partial charge in [-0.05, 0) is 48.2 Å². The first-order valence-electron chi connectivity index (χ1n) is 7.45. The number of hydrogen-bond acceptors (Lipinski definition) is 3. The number of para-hydroxylation sites is 1. The van der Waals surface area contributed by atoms with E-state index in [-0.39, 0.29) is 5.91 Å². The number of halogens is 1. The Hall–Kier alpha value is -2.43. The molecule has 0 N–H and O–H groups in total. The SMILES string of the molecule is Cc1cc(Cl)cc(/N=C2\C(=O)N(c3ccsc3)c3ccccc32)c1. The summed E-state index contributed by atoms with van der Waals surface area (Å²) in [5.41, 5.74) is 4.70. The molecule has 0 fully saturated rings. The van der Waals surface area contributed by atoms with Crippen molar-refractivity contribution in [3.05, 3.63) is 75.4 Å². The summed E-state index contributed by atoms with van der Waals surface area (Å²) in [6.45, 7) is 1.96. The van der Waals surface area contributed by atoms with E-state index in [1.165, 1.54) is 0 Å². The lowest BCUT2D eigenvalue weighted by atomic mass is 10.1. The minimum absolute atomic E-state index is 0.118. The Balaban J connectivity index is 1.87. The average molecular weight is 353 g/mol. The number of amides is 1. The normalized spacial score (nSPS) is 15.2. The molecule has 1 aliphatic rings. The number of anilines is 2. The van der Waals surface area contributed by atoms with Crippen LogP contribution >= 0.6 is 22.9 Å². The Kier molecular flexibility index (Phi) is 3.71. The van der Waals surface area contributed by atoms with Crippen molar-refractivity contribution in [2.45, 2.75) is 6.92 Å². The van der Waals surface area contributed by atoms with Gasteiger partial charge in [0.05, 0.1) is 17.1 Å². The van der Waals surface area contributed by atoms with Crippen LogP contribution < -0.4 is 4.90 Å². The third kappa shape index (κ3) is 2.54. The van der Waals surface area contributed by atoms with Crippen LogP contribution in [0.25, 0.3) is 0 Å². The predicted octanol–water partition coefficient (Wildman–Crippen LogP) is 5.51. The molecule has 3 nitrogen and oxygen atoms in total. The molecule has 3 aromatic rings. The average Bonchev–Trinajstić information content (AvgIpc) is 3.14. The minimum Gasteiger partial charge on any atom is -0.274 e. The molecule has 5 heteroatoms. The molecule has 24 heavy (non-hydrogen) atoms. The third-order valence-corrected chi connectivity index (χ3v) is 4.73. The fraction of sp³-hybridized carbons (Fsp3) is 0.0526. The molecule has 2 aromatic carbocycles. The molecule has 0 atom stereocenters. The van der Waals surface area contributed by atoms with E-state index >= 15 is 0 Å². The molecule has 0 unspecified atom stereocenters. The highest BCUT2D eigenvalue weighted by atomic mass is 35.5. The zero-order valence-electron chi connectivity index (χ0n) is 12.9. The Bertz CT molecular complexity index is 943. The second kappa shape index (κ2) is 5.89.